The van der Waals surface area contributed by atoms with E-state index in [1.165, 1.54) is 24.3 Å². The van der Waals surface area contributed by atoms with Crippen LogP contribution in [0.4, 0.5) is 9.18 Å². The average molecular weight is 380 g/mol. The van der Waals surface area contributed by atoms with Gasteiger partial charge in [-0.05, 0) is 44.0 Å². The van der Waals surface area contributed by atoms with E-state index in [0.717, 1.165) is 0 Å². The SMILES string of the molecule is CCOC(=O)NC(=O)COC(=O)C1CCN(C(=O)c2ccc(F)cc2)CC1. The van der Waals surface area contributed by atoms with Crippen LogP contribution in [0.5, 0.6) is 0 Å². The van der Waals surface area contributed by atoms with Crippen LogP contribution in [0.1, 0.15) is 30.1 Å². The van der Waals surface area contributed by atoms with E-state index in [1.807, 2.05) is 5.32 Å². The number of alkyl carbamates (subject to hydrolysis) is 1. The van der Waals surface area contributed by atoms with Gasteiger partial charge in [0.05, 0.1) is 12.5 Å². The van der Waals surface area contributed by atoms with Crippen LogP contribution < -0.4 is 5.32 Å². The molecule has 1 N–H and O–H groups in total. The zero-order valence-electron chi connectivity index (χ0n) is 14.9. The molecule has 0 radical (unpaired) electrons. The van der Waals surface area contributed by atoms with Gasteiger partial charge < -0.3 is 14.4 Å². The van der Waals surface area contributed by atoms with E-state index >= 15 is 0 Å². The predicted molar refractivity (Wildman–Crippen MR) is 91.2 cm³/mol. The van der Waals surface area contributed by atoms with Crippen LogP contribution in [-0.2, 0) is 19.1 Å². The van der Waals surface area contributed by atoms with E-state index in [0.29, 0.717) is 31.5 Å². The smallest absolute Gasteiger partial charge is 0.413 e. The first kappa shape index (κ1) is 20.3. The van der Waals surface area contributed by atoms with Crippen LogP contribution in [0, 0.1) is 11.7 Å². The minimum Gasteiger partial charge on any atom is -0.455 e. The van der Waals surface area contributed by atoms with Gasteiger partial charge in [0.1, 0.15) is 5.82 Å². The number of nitrogens with one attached hydrogen (secondary N) is 1. The summed E-state index contributed by atoms with van der Waals surface area (Å²) in [5.41, 5.74) is 0.382. The topological polar surface area (TPSA) is 102 Å². The molecule has 0 aliphatic carbocycles. The number of hydrogen-bond donors (Lipinski definition) is 1. The summed E-state index contributed by atoms with van der Waals surface area (Å²) in [5.74, 6) is -2.40. The fourth-order valence-electron chi connectivity index (χ4n) is 2.66. The minimum atomic E-state index is -0.897. The third-order valence-corrected chi connectivity index (χ3v) is 4.07. The number of carbonyl (C=O) groups excluding carboxylic acids is 4. The van der Waals surface area contributed by atoms with Crippen LogP contribution >= 0.6 is 0 Å². The summed E-state index contributed by atoms with van der Waals surface area (Å²) in [6.07, 6.45) is -0.109. The fraction of sp³-hybridized carbons (Fsp3) is 0.444. The van der Waals surface area contributed by atoms with E-state index in [2.05, 4.69) is 4.74 Å². The highest BCUT2D eigenvalue weighted by Gasteiger charge is 2.29. The minimum absolute atomic E-state index is 0.119. The molecule has 1 aromatic carbocycles. The number of piperidine rings is 1. The molecule has 1 saturated heterocycles. The first-order valence-corrected chi connectivity index (χ1v) is 8.58. The highest BCUT2D eigenvalue weighted by Crippen LogP contribution is 2.20. The molecule has 27 heavy (non-hydrogen) atoms. The van der Waals surface area contributed by atoms with Gasteiger partial charge >= 0.3 is 12.1 Å². The maximum atomic E-state index is 12.9. The maximum Gasteiger partial charge on any atom is 0.413 e. The summed E-state index contributed by atoms with van der Waals surface area (Å²) in [6.45, 7) is 1.84. The third-order valence-electron chi connectivity index (χ3n) is 4.07. The van der Waals surface area contributed by atoms with Gasteiger partial charge in [0.25, 0.3) is 11.8 Å². The lowest BCUT2D eigenvalue weighted by atomic mass is 9.96. The number of likely N-dealkylation sites (tertiary alicyclic amines) is 1. The number of hydrogen-bond acceptors (Lipinski definition) is 6. The van der Waals surface area contributed by atoms with Crippen molar-refractivity contribution in [3.8, 4) is 0 Å². The van der Waals surface area contributed by atoms with Crippen molar-refractivity contribution in [2.45, 2.75) is 19.8 Å². The molecule has 9 heteroatoms. The zero-order valence-corrected chi connectivity index (χ0v) is 14.9. The normalized spacial score (nSPS) is 14.4. The van der Waals surface area contributed by atoms with Gasteiger partial charge in [-0.2, -0.15) is 0 Å². The number of rotatable bonds is 5. The summed E-state index contributed by atoms with van der Waals surface area (Å²) in [7, 11) is 0. The predicted octanol–water partition coefficient (Wildman–Crippen LogP) is 1.49. The van der Waals surface area contributed by atoms with Crippen molar-refractivity contribution in [2.75, 3.05) is 26.3 Å². The molecule has 0 atom stereocenters. The van der Waals surface area contributed by atoms with Crippen molar-refractivity contribution in [1.82, 2.24) is 10.2 Å². The average Bonchev–Trinajstić information content (AvgIpc) is 2.66. The van der Waals surface area contributed by atoms with E-state index in [-0.39, 0.29) is 12.5 Å². The number of nitrogens with zero attached hydrogens (tertiary/aromatic N) is 1. The molecule has 1 heterocycles. The quantitative estimate of drug-likeness (QED) is 0.777. The Morgan fingerprint density at radius 1 is 1.11 bits per heavy atom. The summed E-state index contributed by atoms with van der Waals surface area (Å²) < 4.78 is 22.4. The van der Waals surface area contributed by atoms with Crippen molar-refractivity contribution < 1.29 is 33.0 Å². The number of imide groups is 1. The Morgan fingerprint density at radius 3 is 2.33 bits per heavy atom. The molecule has 0 bridgehead atoms. The molecule has 8 nitrogen and oxygen atoms in total. The van der Waals surface area contributed by atoms with Crippen molar-refractivity contribution >= 4 is 23.9 Å². The Kier molecular flexibility index (Phi) is 7.27. The van der Waals surface area contributed by atoms with Crippen LogP contribution in [0.3, 0.4) is 0 Å². The number of ether oxygens (including phenoxy) is 2. The summed E-state index contributed by atoms with van der Waals surface area (Å²) in [4.78, 5) is 48.5. The molecule has 1 aliphatic heterocycles. The Bertz CT molecular complexity index is 698. The molecule has 0 unspecified atom stereocenters. The van der Waals surface area contributed by atoms with Gasteiger partial charge in [-0.15, -0.1) is 0 Å². The number of amides is 3. The van der Waals surface area contributed by atoms with Crippen molar-refractivity contribution in [3.63, 3.8) is 0 Å². The number of halogens is 1. The van der Waals surface area contributed by atoms with Crippen LogP contribution in [0.15, 0.2) is 24.3 Å². The molecule has 2 rings (SSSR count). The van der Waals surface area contributed by atoms with Crippen LogP contribution in [-0.4, -0.2) is 55.1 Å². The second kappa shape index (κ2) is 9.65. The summed E-state index contributed by atoms with van der Waals surface area (Å²) in [6, 6.07) is 5.28. The second-order valence-corrected chi connectivity index (χ2v) is 5.95. The van der Waals surface area contributed by atoms with Crippen molar-refractivity contribution in [1.29, 1.82) is 0 Å². The monoisotopic (exact) mass is 380 g/mol. The lowest BCUT2D eigenvalue weighted by Crippen LogP contribution is -2.41. The molecule has 3 amide bonds. The van der Waals surface area contributed by atoms with E-state index in [9.17, 15) is 23.6 Å². The second-order valence-electron chi connectivity index (χ2n) is 5.95. The number of esters is 1. The van der Waals surface area contributed by atoms with Crippen molar-refractivity contribution in [2.24, 2.45) is 5.92 Å². The summed E-state index contributed by atoms with van der Waals surface area (Å²) >= 11 is 0. The van der Waals surface area contributed by atoms with Gasteiger partial charge in [-0.1, -0.05) is 0 Å². The first-order valence-electron chi connectivity index (χ1n) is 8.58. The standard InChI is InChI=1S/C18H21FN2O6/c1-2-26-18(25)20-15(22)11-27-17(24)13-7-9-21(10-8-13)16(23)12-3-5-14(19)6-4-12/h3-6,13H,2,7-11H2,1H3,(H,20,22,25). The van der Waals surface area contributed by atoms with Gasteiger partial charge in [-0.25, -0.2) is 9.18 Å². The molecular weight excluding hydrogens is 359 g/mol. The van der Waals surface area contributed by atoms with E-state index < -0.39 is 36.3 Å². The first-order chi connectivity index (χ1) is 12.9. The van der Waals surface area contributed by atoms with Gasteiger partial charge in [-0.3, -0.25) is 19.7 Å². The summed E-state index contributed by atoms with van der Waals surface area (Å²) in [5, 5.41) is 1.93. The highest BCUT2D eigenvalue weighted by molar-refractivity contribution is 5.94. The molecular formula is C18H21FN2O6. The highest BCUT2D eigenvalue weighted by atomic mass is 19.1. The largest absolute Gasteiger partial charge is 0.455 e. The van der Waals surface area contributed by atoms with Crippen molar-refractivity contribution in [3.05, 3.63) is 35.6 Å². The van der Waals surface area contributed by atoms with Crippen LogP contribution in [0.2, 0.25) is 0 Å². The molecule has 146 valence electrons. The van der Waals surface area contributed by atoms with Crippen LogP contribution in [0.25, 0.3) is 0 Å². The Morgan fingerprint density at radius 2 is 1.74 bits per heavy atom. The lowest BCUT2D eigenvalue weighted by molar-refractivity contribution is -0.153. The molecule has 1 aliphatic rings. The Labute approximate surface area is 155 Å². The molecule has 1 aromatic rings. The fourth-order valence-corrected chi connectivity index (χ4v) is 2.66. The molecule has 0 saturated carbocycles. The Hall–Kier alpha value is -2.97. The zero-order chi connectivity index (χ0) is 19.8. The number of benzene rings is 1. The van der Waals surface area contributed by atoms with Gasteiger partial charge in [0.15, 0.2) is 6.61 Å². The molecule has 1 fully saturated rings. The lowest BCUT2D eigenvalue weighted by Gasteiger charge is -2.31. The van der Waals surface area contributed by atoms with Gasteiger partial charge in [0, 0.05) is 18.7 Å². The van der Waals surface area contributed by atoms with E-state index in [4.69, 9.17) is 4.74 Å². The molecule has 0 spiro atoms. The van der Waals surface area contributed by atoms with Gasteiger partial charge in [0.2, 0.25) is 0 Å². The third kappa shape index (κ3) is 6.05. The maximum absolute atomic E-state index is 12.9. The van der Waals surface area contributed by atoms with E-state index in [1.54, 1.807) is 11.8 Å². The number of carbonyl (C=O) groups is 4. The Balaban J connectivity index is 1.75. The molecule has 0 aromatic heterocycles.